The second-order valence-corrected chi connectivity index (χ2v) is 9.19. The van der Waals surface area contributed by atoms with Gasteiger partial charge in [0.15, 0.2) is 0 Å². The van der Waals surface area contributed by atoms with Crippen molar-refractivity contribution < 1.29 is 36.2 Å². The lowest BCUT2D eigenvalue weighted by Gasteiger charge is -2.43. The minimum atomic E-state index is -5.06. The summed E-state index contributed by atoms with van der Waals surface area (Å²) in [6, 6.07) is 5.20. The van der Waals surface area contributed by atoms with E-state index in [2.05, 4.69) is 0 Å². The lowest BCUT2D eigenvalue weighted by Crippen LogP contribution is -2.51. The van der Waals surface area contributed by atoms with Crippen LogP contribution in [0.4, 0.5) is 26.3 Å². The lowest BCUT2D eigenvalue weighted by atomic mass is 9.84. The third-order valence-electron chi connectivity index (χ3n) is 6.10. The molecular weight excluding hydrogens is 521 g/mol. The van der Waals surface area contributed by atoms with E-state index in [1.54, 1.807) is 18.2 Å². The van der Waals surface area contributed by atoms with Crippen LogP contribution < -0.4 is 0 Å². The summed E-state index contributed by atoms with van der Waals surface area (Å²) >= 11 is 12.2. The number of benzene rings is 2. The van der Waals surface area contributed by atoms with Gasteiger partial charge in [-0.05, 0) is 42.3 Å². The SMILES string of the molecule is CN(C(=O)c1cc(C(F)(F)F)cc(C(F)(F)F)c1)[C@@H]1CCN(CCO)C[C@H]1c1ccc(Cl)c(Cl)c1. The molecule has 0 saturated carbocycles. The van der Waals surface area contributed by atoms with E-state index in [0.29, 0.717) is 48.8 Å². The standard InChI is InChI=1S/C23H22Cl2F6N2O2/c1-32(21(35)14-8-15(22(26,27)28)11-16(9-14)23(29,30)31)20-4-5-33(6-7-34)12-17(20)13-2-3-18(24)19(25)10-13/h2-3,8-11,17,20,34H,4-7,12H2,1H3/t17-,20+/m0/s1. The minimum absolute atomic E-state index is 0.0112. The first-order chi connectivity index (χ1) is 16.2. The van der Waals surface area contributed by atoms with Gasteiger partial charge in [-0.15, -0.1) is 0 Å². The third-order valence-corrected chi connectivity index (χ3v) is 6.84. The van der Waals surface area contributed by atoms with Crippen LogP contribution in [-0.2, 0) is 12.4 Å². The second-order valence-electron chi connectivity index (χ2n) is 8.37. The van der Waals surface area contributed by atoms with Crippen molar-refractivity contribution in [1.82, 2.24) is 9.80 Å². The Morgan fingerprint density at radius 3 is 2.14 bits per heavy atom. The number of alkyl halides is 6. The smallest absolute Gasteiger partial charge is 0.395 e. The maximum Gasteiger partial charge on any atom is 0.416 e. The number of hydrogen-bond acceptors (Lipinski definition) is 3. The number of rotatable bonds is 5. The molecule has 3 rings (SSSR count). The Morgan fingerprint density at radius 1 is 1.03 bits per heavy atom. The number of aliphatic hydroxyl groups is 1. The van der Waals surface area contributed by atoms with E-state index in [0.717, 1.165) is 0 Å². The molecule has 192 valence electrons. The zero-order chi connectivity index (χ0) is 26.1. The molecule has 0 unspecified atom stereocenters. The van der Waals surface area contributed by atoms with E-state index in [1.165, 1.54) is 11.9 Å². The molecule has 1 heterocycles. The summed E-state index contributed by atoms with van der Waals surface area (Å²) in [5.41, 5.74) is -3.11. The molecule has 1 amide bonds. The van der Waals surface area contributed by atoms with Crippen molar-refractivity contribution in [1.29, 1.82) is 0 Å². The summed E-state index contributed by atoms with van der Waals surface area (Å²) < 4.78 is 79.7. The van der Waals surface area contributed by atoms with Crippen LogP contribution in [0.25, 0.3) is 0 Å². The largest absolute Gasteiger partial charge is 0.416 e. The third kappa shape index (κ3) is 6.41. The fraction of sp³-hybridized carbons (Fsp3) is 0.435. The van der Waals surface area contributed by atoms with Crippen LogP contribution in [0.15, 0.2) is 36.4 Å². The van der Waals surface area contributed by atoms with Crippen molar-refractivity contribution >= 4 is 29.1 Å². The summed E-state index contributed by atoms with van der Waals surface area (Å²) in [5.74, 6) is -1.35. The van der Waals surface area contributed by atoms with Gasteiger partial charge >= 0.3 is 12.4 Å². The van der Waals surface area contributed by atoms with Gasteiger partial charge < -0.3 is 14.9 Å². The monoisotopic (exact) mass is 542 g/mol. The van der Waals surface area contributed by atoms with E-state index < -0.39 is 41.0 Å². The van der Waals surface area contributed by atoms with E-state index in [1.807, 2.05) is 4.90 Å². The summed E-state index contributed by atoms with van der Waals surface area (Å²) in [5, 5.41) is 9.90. The number of likely N-dealkylation sites (N-methyl/N-ethyl adjacent to an activating group) is 1. The van der Waals surface area contributed by atoms with Crippen LogP contribution in [-0.4, -0.2) is 60.1 Å². The molecule has 4 nitrogen and oxygen atoms in total. The summed E-state index contributed by atoms with van der Waals surface area (Å²) in [6.07, 6.45) is -9.75. The van der Waals surface area contributed by atoms with Gasteiger partial charge in [0.25, 0.3) is 5.91 Å². The fourth-order valence-corrected chi connectivity index (χ4v) is 4.62. The molecule has 0 radical (unpaired) electrons. The Hall–Kier alpha value is -2.01. The summed E-state index contributed by atoms with van der Waals surface area (Å²) in [6.45, 7) is 1.12. The predicted octanol–water partition coefficient (Wildman–Crippen LogP) is 5.95. The molecule has 1 fully saturated rings. The first kappa shape index (κ1) is 27.6. The van der Waals surface area contributed by atoms with Crippen molar-refractivity contribution in [3.05, 3.63) is 68.7 Å². The van der Waals surface area contributed by atoms with Crippen molar-refractivity contribution in [3.63, 3.8) is 0 Å². The highest BCUT2D eigenvalue weighted by Gasteiger charge is 2.39. The number of halogens is 8. The van der Waals surface area contributed by atoms with Crippen molar-refractivity contribution in [3.8, 4) is 0 Å². The van der Waals surface area contributed by atoms with E-state index >= 15 is 0 Å². The molecule has 35 heavy (non-hydrogen) atoms. The van der Waals surface area contributed by atoms with Gasteiger partial charge in [-0.3, -0.25) is 4.79 Å². The molecule has 1 N–H and O–H groups in total. The maximum absolute atomic E-state index is 13.3. The van der Waals surface area contributed by atoms with E-state index in [9.17, 15) is 36.2 Å². The number of nitrogens with zero attached hydrogens (tertiary/aromatic N) is 2. The highest BCUT2D eigenvalue weighted by Crippen LogP contribution is 2.38. The molecule has 1 aliphatic rings. The molecule has 12 heteroatoms. The topological polar surface area (TPSA) is 43.8 Å². The highest BCUT2D eigenvalue weighted by molar-refractivity contribution is 6.42. The number of aliphatic hydroxyl groups excluding tert-OH is 1. The molecule has 1 aliphatic heterocycles. The molecule has 1 saturated heterocycles. The molecule has 0 bridgehead atoms. The lowest BCUT2D eigenvalue weighted by molar-refractivity contribution is -0.143. The van der Waals surface area contributed by atoms with Gasteiger partial charge in [-0.1, -0.05) is 29.3 Å². The highest BCUT2D eigenvalue weighted by atomic mass is 35.5. The van der Waals surface area contributed by atoms with Gasteiger partial charge in [0.1, 0.15) is 0 Å². The average Bonchev–Trinajstić information content (AvgIpc) is 2.78. The van der Waals surface area contributed by atoms with Crippen LogP contribution >= 0.6 is 23.2 Å². The molecule has 0 aliphatic carbocycles. The number of β-amino-alcohol motifs (C(OH)–C–C–N with tert-alkyl or cyclic N) is 1. The fourth-order valence-electron chi connectivity index (χ4n) is 4.32. The van der Waals surface area contributed by atoms with Crippen LogP contribution in [0.5, 0.6) is 0 Å². The summed E-state index contributed by atoms with van der Waals surface area (Å²) in [4.78, 5) is 16.3. The minimum Gasteiger partial charge on any atom is -0.395 e. The van der Waals surface area contributed by atoms with Gasteiger partial charge in [0.2, 0.25) is 0 Å². The maximum atomic E-state index is 13.3. The quantitative estimate of drug-likeness (QED) is 0.474. The molecule has 2 aromatic carbocycles. The van der Waals surface area contributed by atoms with Gasteiger partial charge in [0, 0.05) is 44.2 Å². The van der Waals surface area contributed by atoms with Crippen molar-refractivity contribution in [2.45, 2.75) is 30.7 Å². The zero-order valence-corrected chi connectivity index (χ0v) is 19.9. The first-order valence-electron chi connectivity index (χ1n) is 10.6. The van der Waals surface area contributed by atoms with Crippen molar-refractivity contribution in [2.24, 2.45) is 0 Å². The number of amides is 1. The number of piperidine rings is 1. The Morgan fingerprint density at radius 2 is 1.63 bits per heavy atom. The normalized spacial score (nSPS) is 19.6. The molecule has 2 aromatic rings. The van der Waals surface area contributed by atoms with Gasteiger partial charge in [-0.25, -0.2) is 0 Å². The van der Waals surface area contributed by atoms with Crippen molar-refractivity contribution in [2.75, 3.05) is 33.3 Å². The predicted molar refractivity (Wildman–Crippen MR) is 120 cm³/mol. The Kier molecular flexibility index (Phi) is 8.30. The summed E-state index contributed by atoms with van der Waals surface area (Å²) in [7, 11) is 1.35. The zero-order valence-electron chi connectivity index (χ0n) is 18.4. The van der Waals surface area contributed by atoms with E-state index in [4.69, 9.17) is 23.2 Å². The Balaban J connectivity index is 1.99. The van der Waals surface area contributed by atoms with Crippen LogP contribution in [0.2, 0.25) is 10.0 Å². The molecule has 2 atom stereocenters. The average molecular weight is 543 g/mol. The van der Waals surface area contributed by atoms with Crippen LogP contribution in [0.1, 0.15) is 39.4 Å². The number of hydrogen-bond donors (Lipinski definition) is 1. The molecular formula is C23H22Cl2F6N2O2. The molecule has 0 aromatic heterocycles. The Bertz CT molecular complexity index is 1040. The first-order valence-corrected chi connectivity index (χ1v) is 11.3. The van der Waals surface area contributed by atoms with Crippen LogP contribution in [0, 0.1) is 0 Å². The van der Waals surface area contributed by atoms with E-state index in [-0.39, 0.29) is 23.6 Å². The molecule has 0 spiro atoms. The number of carbonyl (C=O) groups is 1. The van der Waals surface area contributed by atoms with Crippen LogP contribution in [0.3, 0.4) is 0 Å². The number of likely N-dealkylation sites (tertiary alicyclic amines) is 1. The van der Waals surface area contributed by atoms with Gasteiger partial charge in [-0.2, -0.15) is 26.3 Å². The second kappa shape index (κ2) is 10.5. The van der Waals surface area contributed by atoms with Gasteiger partial charge in [0.05, 0.1) is 27.8 Å². The Labute approximate surface area is 208 Å². The number of carbonyl (C=O) groups excluding carboxylic acids is 1.